The molecule has 176 valence electrons. The number of aliphatic hydroxyl groups is 2. The monoisotopic (exact) mass is 449 g/mol. The molecule has 4 rings (SSSR count). The summed E-state index contributed by atoms with van der Waals surface area (Å²) in [6.07, 6.45) is 6.45. The maximum absolute atomic E-state index is 10.8. The summed E-state index contributed by atoms with van der Waals surface area (Å²) in [6.45, 7) is 9.34. The van der Waals surface area contributed by atoms with Gasteiger partial charge in [-0.1, -0.05) is 43.0 Å². The number of benzene rings is 1. The molecule has 2 aromatic heterocycles. The van der Waals surface area contributed by atoms with Crippen molar-refractivity contribution in [2.24, 2.45) is 5.92 Å². The number of aliphatic hydroxyl groups excluding tert-OH is 2. The van der Waals surface area contributed by atoms with Gasteiger partial charge < -0.3 is 25.4 Å². The molecule has 4 N–H and O–H groups in total. The van der Waals surface area contributed by atoms with E-state index in [1.165, 1.54) is 5.56 Å². The third-order valence-electron chi connectivity index (χ3n) is 6.72. The molecule has 7 nitrogen and oxygen atoms in total. The van der Waals surface area contributed by atoms with Gasteiger partial charge in [-0.25, -0.2) is 9.97 Å². The molecule has 7 heteroatoms. The summed E-state index contributed by atoms with van der Waals surface area (Å²) >= 11 is 0. The number of fused-ring (bicyclic) bond motifs is 1. The first-order valence-electron chi connectivity index (χ1n) is 11.9. The molecule has 1 aromatic carbocycles. The number of hydrogen-bond donors (Lipinski definition) is 4. The highest BCUT2D eigenvalue weighted by Gasteiger charge is 2.42. The molecular formula is C26H35N5O2. The topological polar surface area (TPSA) is 95.2 Å². The van der Waals surface area contributed by atoms with Crippen LogP contribution in [0.2, 0.25) is 0 Å². The first kappa shape index (κ1) is 23.6. The van der Waals surface area contributed by atoms with Gasteiger partial charge in [0.25, 0.3) is 0 Å². The Kier molecular flexibility index (Phi) is 7.88. The lowest BCUT2D eigenvalue weighted by Gasteiger charge is -2.19. The van der Waals surface area contributed by atoms with E-state index in [0.717, 1.165) is 54.8 Å². The van der Waals surface area contributed by atoms with E-state index in [9.17, 15) is 10.2 Å². The molecule has 1 saturated carbocycles. The smallest absolute Gasteiger partial charge is 0.144 e. The third kappa shape index (κ3) is 5.33. The lowest BCUT2D eigenvalue weighted by molar-refractivity contribution is 0.00693. The van der Waals surface area contributed by atoms with Crippen LogP contribution < -0.4 is 10.6 Å². The van der Waals surface area contributed by atoms with Crippen molar-refractivity contribution in [1.29, 1.82) is 0 Å². The SMILES string of the molecule is C=Cc1cn([C@@H]2C[C@H](CNCCCNCCc3ccccc3)[C@@H](O)[C@H]2O)c2ncnc(C)c12. The molecule has 0 bridgehead atoms. The lowest BCUT2D eigenvalue weighted by Crippen LogP contribution is -2.34. The van der Waals surface area contributed by atoms with Crippen molar-refractivity contribution in [2.75, 3.05) is 26.2 Å². The molecule has 1 aliphatic carbocycles. The largest absolute Gasteiger partial charge is 0.390 e. The van der Waals surface area contributed by atoms with Crippen LogP contribution in [0.15, 0.2) is 49.4 Å². The van der Waals surface area contributed by atoms with E-state index in [0.29, 0.717) is 13.0 Å². The Morgan fingerprint density at radius 3 is 2.67 bits per heavy atom. The Morgan fingerprint density at radius 2 is 1.88 bits per heavy atom. The number of aryl methyl sites for hydroxylation is 1. The van der Waals surface area contributed by atoms with Crippen molar-refractivity contribution in [3.05, 3.63) is 66.3 Å². The predicted octanol–water partition coefficient (Wildman–Crippen LogP) is 2.48. The van der Waals surface area contributed by atoms with Crippen LogP contribution in [-0.4, -0.2) is 63.1 Å². The Balaban J connectivity index is 1.24. The summed E-state index contributed by atoms with van der Waals surface area (Å²) in [4.78, 5) is 8.76. The summed E-state index contributed by atoms with van der Waals surface area (Å²) in [5.74, 6) is -0.0106. The fraction of sp³-hybridized carbons (Fsp3) is 0.462. The van der Waals surface area contributed by atoms with E-state index >= 15 is 0 Å². The van der Waals surface area contributed by atoms with Crippen LogP contribution in [0.25, 0.3) is 17.1 Å². The molecule has 0 saturated heterocycles. The summed E-state index contributed by atoms with van der Waals surface area (Å²) in [6, 6.07) is 10.3. The zero-order chi connectivity index (χ0) is 23.2. The Bertz CT molecular complexity index is 1050. The van der Waals surface area contributed by atoms with Crippen molar-refractivity contribution < 1.29 is 10.2 Å². The van der Waals surface area contributed by atoms with Crippen molar-refractivity contribution in [1.82, 2.24) is 25.2 Å². The summed E-state index contributed by atoms with van der Waals surface area (Å²) < 4.78 is 1.99. The van der Waals surface area contributed by atoms with E-state index in [2.05, 4.69) is 51.4 Å². The Labute approximate surface area is 195 Å². The summed E-state index contributed by atoms with van der Waals surface area (Å²) in [5.41, 5.74) is 3.97. The average Bonchev–Trinajstić information content (AvgIpc) is 3.34. The van der Waals surface area contributed by atoms with Crippen LogP contribution in [0.4, 0.5) is 0 Å². The van der Waals surface area contributed by atoms with E-state index in [1.807, 2.05) is 23.8 Å². The molecule has 0 spiro atoms. The average molecular weight is 450 g/mol. The predicted molar refractivity (Wildman–Crippen MR) is 132 cm³/mol. The van der Waals surface area contributed by atoms with E-state index in [1.54, 1.807) is 12.4 Å². The quantitative estimate of drug-likeness (QED) is 0.336. The van der Waals surface area contributed by atoms with E-state index in [4.69, 9.17) is 0 Å². The number of nitrogens with zero attached hydrogens (tertiary/aromatic N) is 3. The number of nitrogens with one attached hydrogen (secondary N) is 2. The fourth-order valence-electron chi connectivity index (χ4n) is 4.88. The van der Waals surface area contributed by atoms with Gasteiger partial charge in [-0.15, -0.1) is 0 Å². The third-order valence-corrected chi connectivity index (χ3v) is 6.72. The Morgan fingerprint density at radius 1 is 1.09 bits per heavy atom. The van der Waals surface area contributed by atoms with Crippen LogP contribution in [-0.2, 0) is 6.42 Å². The number of hydrogen-bond acceptors (Lipinski definition) is 6. The van der Waals surface area contributed by atoms with Crippen molar-refractivity contribution in [2.45, 2.75) is 44.4 Å². The minimum absolute atomic E-state index is 0.0106. The molecule has 1 fully saturated rings. The van der Waals surface area contributed by atoms with Crippen LogP contribution in [0.3, 0.4) is 0 Å². The zero-order valence-corrected chi connectivity index (χ0v) is 19.3. The van der Waals surface area contributed by atoms with Crippen LogP contribution >= 0.6 is 0 Å². The standard InChI is InChI=1S/C26H35N5O2/c1-3-20-16-31(26-23(20)18(2)29-17-30-26)22-14-21(24(32)25(22)33)15-28-12-7-11-27-13-10-19-8-5-4-6-9-19/h3-6,8-9,16-17,21-22,24-25,27-28,32-33H,1,7,10-15H2,2H3/t21-,22-,24-,25+/m1/s1. The highest BCUT2D eigenvalue weighted by atomic mass is 16.3. The maximum atomic E-state index is 10.8. The lowest BCUT2D eigenvalue weighted by atomic mass is 10.1. The van der Waals surface area contributed by atoms with Gasteiger partial charge in [-0.05, 0) is 51.4 Å². The van der Waals surface area contributed by atoms with Crippen molar-refractivity contribution in [3.63, 3.8) is 0 Å². The second kappa shape index (κ2) is 11.0. The molecule has 0 aliphatic heterocycles. The highest BCUT2D eigenvalue weighted by molar-refractivity contribution is 5.88. The minimum atomic E-state index is -0.833. The molecular weight excluding hydrogens is 414 g/mol. The summed E-state index contributed by atoms with van der Waals surface area (Å²) in [5, 5.41) is 29.4. The first-order valence-corrected chi connectivity index (χ1v) is 11.9. The molecule has 1 aliphatic rings. The molecule has 3 aromatic rings. The first-order chi connectivity index (χ1) is 16.1. The van der Waals surface area contributed by atoms with E-state index in [-0.39, 0.29) is 12.0 Å². The Hall–Kier alpha value is -2.58. The number of aromatic nitrogens is 3. The van der Waals surface area contributed by atoms with Crippen molar-refractivity contribution in [3.8, 4) is 0 Å². The van der Waals surface area contributed by atoms with Gasteiger partial charge in [0, 0.05) is 29.6 Å². The molecule has 0 unspecified atom stereocenters. The van der Waals surface area contributed by atoms with Crippen LogP contribution in [0.5, 0.6) is 0 Å². The second-order valence-electron chi connectivity index (χ2n) is 8.94. The van der Waals surface area contributed by atoms with E-state index < -0.39 is 12.2 Å². The highest BCUT2D eigenvalue weighted by Crippen LogP contribution is 2.38. The normalized spacial score (nSPS) is 22.8. The van der Waals surface area contributed by atoms with Gasteiger partial charge in [0.1, 0.15) is 18.1 Å². The van der Waals surface area contributed by atoms with Gasteiger partial charge >= 0.3 is 0 Å². The second-order valence-corrected chi connectivity index (χ2v) is 8.94. The molecule has 2 heterocycles. The molecule has 33 heavy (non-hydrogen) atoms. The molecule has 0 amide bonds. The zero-order valence-electron chi connectivity index (χ0n) is 19.3. The fourth-order valence-corrected chi connectivity index (χ4v) is 4.88. The van der Waals surface area contributed by atoms with Crippen LogP contribution in [0.1, 0.15) is 35.7 Å². The molecule has 4 atom stereocenters. The van der Waals surface area contributed by atoms with Crippen molar-refractivity contribution >= 4 is 17.1 Å². The van der Waals surface area contributed by atoms with Gasteiger partial charge in [0.05, 0.1) is 17.8 Å². The van der Waals surface area contributed by atoms with Crippen LogP contribution in [0, 0.1) is 12.8 Å². The minimum Gasteiger partial charge on any atom is -0.390 e. The molecule has 0 radical (unpaired) electrons. The maximum Gasteiger partial charge on any atom is 0.144 e. The van der Waals surface area contributed by atoms with Gasteiger partial charge in [-0.3, -0.25) is 0 Å². The van der Waals surface area contributed by atoms with Gasteiger partial charge in [0.2, 0.25) is 0 Å². The van der Waals surface area contributed by atoms with Gasteiger partial charge in [0.15, 0.2) is 0 Å². The van der Waals surface area contributed by atoms with Gasteiger partial charge in [-0.2, -0.15) is 0 Å². The summed E-state index contributed by atoms with van der Waals surface area (Å²) in [7, 11) is 0. The number of rotatable bonds is 11.